The molecule has 7 heteroatoms. The Balaban J connectivity index is 2.27. The number of ether oxygens (including phenoxy) is 1. The lowest BCUT2D eigenvalue weighted by atomic mass is 10.1. The summed E-state index contributed by atoms with van der Waals surface area (Å²) in [5, 5.41) is 11.7. The van der Waals surface area contributed by atoms with Crippen LogP contribution in [0.15, 0.2) is 23.4 Å². The van der Waals surface area contributed by atoms with Gasteiger partial charge in [-0.15, -0.1) is 0 Å². The first-order valence-corrected chi connectivity index (χ1v) is 6.20. The van der Waals surface area contributed by atoms with Crippen molar-refractivity contribution in [2.45, 2.75) is 18.9 Å². The predicted molar refractivity (Wildman–Crippen MR) is 70.4 cm³/mol. The zero-order valence-electron chi connectivity index (χ0n) is 11.0. The van der Waals surface area contributed by atoms with E-state index in [2.05, 4.69) is 5.16 Å². The van der Waals surface area contributed by atoms with E-state index >= 15 is 0 Å². The number of oxime groups is 1. The smallest absolute Gasteiger partial charge is 0.254 e. The number of nitrogens with two attached hydrogens (primary N) is 1. The molecule has 1 unspecified atom stereocenters. The molecule has 0 spiro atoms. The molecular formula is C13H16FN3O3. The van der Waals surface area contributed by atoms with Gasteiger partial charge in [0, 0.05) is 12.1 Å². The van der Waals surface area contributed by atoms with E-state index in [9.17, 15) is 9.18 Å². The lowest BCUT2D eigenvalue weighted by molar-refractivity contribution is 0.0767. The fourth-order valence-corrected chi connectivity index (χ4v) is 2.34. The minimum absolute atomic E-state index is 0.00456. The standard InChI is InChI=1S/C13H16FN3O3/c1-20-11-7-8(4-5-9(11)14)13(18)17-6-2-3-10(17)12(15)16-19/h4-5,7,10,19H,2-3,6H2,1H3,(H2,15,16). The molecule has 0 radical (unpaired) electrons. The summed E-state index contributed by atoms with van der Waals surface area (Å²) in [6.07, 6.45) is 1.41. The first kappa shape index (κ1) is 14.1. The highest BCUT2D eigenvalue weighted by Gasteiger charge is 2.32. The van der Waals surface area contributed by atoms with E-state index in [1.54, 1.807) is 0 Å². The molecule has 0 saturated carbocycles. The third kappa shape index (κ3) is 2.52. The van der Waals surface area contributed by atoms with Crippen LogP contribution in [-0.2, 0) is 0 Å². The van der Waals surface area contributed by atoms with Gasteiger partial charge in [0.25, 0.3) is 5.91 Å². The summed E-state index contributed by atoms with van der Waals surface area (Å²) in [7, 11) is 1.34. The molecule has 1 saturated heterocycles. The molecule has 0 aliphatic carbocycles. The third-order valence-electron chi connectivity index (χ3n) is 3.37. The Morgan fingerprint density at radius 3 is 3.00 bits per heavy atom. The quantitative estimate of drug-likeness (QED) is 0.377. The van der Waals surface area contributed by atoms with E-state index in [-0.39, 0.29) is 17.5 Å². The largest absolute Gasteiger partial charge is 0.494 e. The minimum atomic E-state index is -0.529. The van der Waals surface area contributed by atoms with Crippen LogP contribution in [0.3, 0.4) is 0 Å². The lowest BCUT2D eigenvalue weighted by Gasteiger charge is -2.23. The van der Waals surface area contributed by atoms with E-state index in [4.69, 9.17) is 15.7 Å². The molecule has 1 aliphatic rings. The van der Waals surface area contributed by atoms with E-state index < -0.39 is 11.9 Å². The summed E-state index contributed by atoms with van der Waals surface area (Å²) in [6, 6.07) is 3.49. The average Bonchev–Trinajstić information content (AvgIpc) is 2.95. The van der Waals surface area contributed by atoms with Gasteiger partial charge in [-0.1, -0.05) is 5.16 Å². The molecule has 6 nitrogen and oxygen atoms in total. The Morgan fingerprint density at radius 2 is 2.35 bits per heavy atom. The average molecular weight is 281 g/mol. The molecule has 108 valence electrons. The number of carbonyl (C=O) groups excluding carboxylic acids is 1. The van der Waals surface area contributed by atoms with Crippen LogP contribution in [0.2, 0.25) is 0 Å². The van der Waals surface area contributed by atoms with Gasteiger partial charge in [-0.05, 0) is 31.0 Å². The predicted octanol–water partition coefficient (Wildman–Crippen LogP) is 1.19. The van der Waals surface area contributed by atoms with Crippen LogP contribution in [0, 0.1) is 5.82 Å². The van der Waals surface area contributed by atoms with Gasteiger partial charge in [-0.2, -0.15) is 0 Å². The van der Waals surface area contributed by atoms with Crippen LogP contribution in [0.5, 0.6) is 5.75 Å². The summed E-state index contributed by atoms with van der Waals surface area (Å²) in [6.45, 7) is 0.513. The highest BCUT2D eigenvalue weighted by molar-refractivity contribution is 5.98. The molecule has 3 N–H and O–H groups in total. The maximum Gasteiger partial charge on any atom is 0.254 e. The molecule has 1 aromatic carbocycles. The number of amides is 1. The fraction of sp³-hybridized carbons (Fsp3) is 0.385. The minimum Gasteiger partial charge on any atom is -0.494 e. The summed E-state index contributed by atoms with van der Waals surface area (Å²) >= 11 is 0. The summed E-state index contributed by atoms with van der Waals surface area (Å²) in [4.78, 5) is 13.9. The number of halogens is 1. The van der Waals surface area contributed by atoms with Gasteiger partial charge in [0.2, 0.25) is 0 Å². The number of hydrogen-bond donors (Lipinski definition) is 2. The zero-order valence-corrected chi connectivity index (χ0v) is 11.0. The van der Waals surface area contributed by atoms with Crippen LogP contribution in [-0.4, -0.2) is 41.5 Å². The van der Waals surface area contributed by atoms with Crippen LogP contribution in [0.4, 0.5) is 4.39 Å². The molecule has 1 atom stereocenters. The number of rotatable bonds is 3. The molecule has 1 fully saturated rings. The highest BCUT2D eigenvalue weighted by atomic mass is 19.1. The van der Waals surface area contributed by atoms with Gasteiger partial charge in [0.05, 0.1) is 13.2 Å². The van der Waals surface area contributed by atoms with Crippen LogP contribution >= 0.6 is 0 Å². The topological polar surface area (TPSA) is 88.2 Å². The number of benzene rings is 1. The number of nitrogens with zero attached hydrogens (tertiary/aromatic N) is 2. The van der Waals surface area contributed by atoms with Crippen molar-refractivity contribution in [1.82, 2.24) is 4.90 Å². The first-order chi connectivity index (χ1) is 9.58. The van der Waals surface area contributed by atoms with Gasteiger partial charge in [0.1, 0.15) is 0 Å². The third-order valence-corrected chi connectivity index (χ3v) is 3.37. The Bertz CT molecular complexity index is 548. The van der Waals surface area contributed by atoms with Crippen molar-refractivity contribution >= 4 is 11.7 Å². The van der Waals surface area contributed by atoms with E-state index in [1.165, 1.54) is 30.2 Å². The van der Waals surface area contributed by atoms with Gasteiger partial charge in [0.15, 0.2) is 17.4 Å². The van der Waals surface area contributed by atoms with Gasteiger partial charge >= 0.3 is 0 Å². The van der Waals surface area contributed by atoms with Gasteiger partial charge in [-0.3, -0.25) is 4.79 Å². The Labute approximate surface area is 115 Å². The summed E-state index contributed by atoms with van der Waals surface area (Å²) < 4.78 is 18.2. The van der Waals surface area contributed by atoms with Crippen molar-refractivity contribution in [1.29, 1.82) is 0 Å². The molecule has 0 bridgehead atoms. The van der Waals surface area contributed by atoms with Crippen LogP contribution in [0.25, 0.3) is 0 Å². The molecule has 0 aromatic heterocycles. The molecular weight excluding hydrogens is 265 g/mol. The van der Waals surface area contributed by atoms with E-state index in [0.717, 1.165) is 6.42 Å². The van der Waals surface area contributed by atoms with E-state index in [0.29, 0.717) is 18.5 Å². The Morgan fingerprint density at radius 1 is 1.60 bits per heavy atom. The number of methoxy groups -OCH3 is 1. The first-order valence-electron chi connectivity index (χ1n) is 6.20. The summed E-state index contributed by atoms with van der Waals surface area (Å²) in [5.74, 6) is -0.809. The Hall–Kier alpha value is -2.31. The van der Waals surface area contributed by atoms with E-state index in [1.807, 2.05) is 0 Å². The Kier molecular flexibility index (Phi) is 4.07. The number of carbonyl (C=O) groups is 1. The van der Waals surface area contributed by atoms with Crippen molar-refractivity contribution in [3.05, 3.63) is 29.6 Å². The van der Waals surface area contributed by atoms with Crippen LogP contribution < -0.4 is 10.5 Å². The summed E-state index contributed by atoms with van der Waals surface area (Å²) in [5.41, 5.74) is 5.89. The van der Waals surface area contributed by atoms with Crippen molar-refractivity contribution in [2.24, 2.45) is 10.9 Å². The second-order valence-corrected chi connectivity index (χ2v) is 4.53. The molecule has 20 heavy (non-hydrogen) atoms. The molecule has 1 amide bonds. The fourth-order valence-electron chi connectivity index (χ4n) is 2.34. The normalized spacial score (nSPS) is 19.2. The number of likely N-dealkylation sites (tertiary alicyclic amines) is 1. The molecule has 1 aliphatic heterocycles. The second kappa shape index (κ2) is 5.77. The molecule has 1 aromatic rings. The highest BCUT2D eigenvalue weighted by Crippen LogP contribution is 2.23. The monoisotopic (exact) mass is 281 g/mol. The molecule has 2 rings (SSSR count). The maximum absolute atomic E-state index is 13.3. The number of hydrogen-bond acceptors (Lipinski definition) is 4. The SMILES string of the molecule is COc1cc(C(=O)N2CCCC2/C(N)=N/O)ccc1F. The van der Waals surface area contributed by atoms with Crippen LogP contribution in [0.1, 0.15) is 23.2 Å². The lowest BCUT2D eigenvalue weighted by Crippen LogP contribution is -2.43. The van der Waals surface area contributed by atoms with Crippen molar-refractivity contribution < 1.29 is 19.1 Å². The maximum atomic E-state index is 13.3. The van der Waals surface area contributed by atoms with Crippen molar-refractivity contribution in [2.75, 3.05) is 13.7 Å². The van der Waals surface area contributed by atoms with Crippen molar-refractivity contribution in [3.63, 3.8) is 0 Å². The van der Waals surface area contributed by atoms with Gasteiger partial charge < -0.3 is 20.6 Å². The second-order valence-electron chi connectivity index (χ2n) is 4.53. The molecule has 1 heterocycles. The number of amidine groups is 1. The van der Waals surface area contributed by atoms with Crippen molar-refractivity contribution in [3.8, 4) is 5.75 Å². The van der Waals surface area contributed by atoms with Gasteiger partial charge in [-0.25, -0.2) is 4.39 Å². The zero-order chi connectivity index (χ0) is 14.7.